The summed E-state index contributed by atoms with van der Waals surface area (Å²) in [5.41, 5.74) is -1.53. The van der Waals surface area contributed by atoms with Crippen LogP contribution in [0, 0.1) is 0 Å². The summed E-state index contributed by atoms with van der Waals surface area (Å²) in [7, 11) is 3.72. The van der Waals surface area contributed by atoms with Gasteiger partial charge in [0.15, 0.2) is 5.60 Å². The fourth-order valence-electron chi connectivity index (χ4n) is 3.55. The zero-order chi connectivity index (χ0) is 22.1. The first-order valence-corrected chi connectivity index (χ1v) is 8.98. The number of ether oxygens (including phenoxy) is 4. The van der Waals surface area contributed by atoms with E-state index < -0.39 is 29.6 Å². The Morgan fingerprint density at radius 1 is 1.27 bits per heavy atom. The Hall–Kier alpha value is -3.53. The van der Waals surface area contributed by atoms with E-state index in [1.54, 1.807) is 6.07 Å². The third kappa shape index (κ3) is 3.35. The Bertz CT molecular complexity index is 1030. The minimum atomic E-state index is -2.21. The van der Waals surface area contributed by atoms with Crippen molar-refractivity contribution in [2.75, 3.05) is 33.3 Å². The monoisotopic (exact) mass is 418 g/mol. The average molecular weight is 418 g/mol. The molecule has 2 unspecified atom stereocenters. The van der Waals surface area contributed by atoms with Crippen LogP contribution in [-0.2, 0) is 29.4 Å². The zero-order valence-electron chi connectivity index (χ0n) is 16.7. The van der Waals surface area contributed by atoms with E-state index >= 15 is 0 Å². The van der Waals surface area contributed by atoms with Crippen LogP contribution in [0.5, 0.6) is 5.75 Å². The highest BCUT2D eigenvalue weighted by molar-refractivity contribution is 6.03. The van der Waals surface area contributed by atoms with Crippen molar-refractivity contribution >= 4 is 34.5 Å². The molecule has 3 N–H and O–H groups in total. The molecule has 3 rings (SSSR count). The van der Waals surface area contributed by atoms with Crippen LogP contribution < -0.4 is 10.1 Å². The van der Waals surface area contributed by atoms with Gasteiger partial charge in [0.2, 0.25) is 0 Å². The number of hydrogen-bond donors (Lipinski definition) is 3. The van der Waals surface area contributed by atoms with Gasteiger partial charge in [-0.3, -0.25) is 0 Å². The molecule has 1 aliphatic heterocycles. The van der Waals surface area contributed by atoms with Crippen molar-refractivity contribution in [3.8, 4) is 5.75 Å². The number of esters is 3. The Kier molecular flexibility index (Phi) is 5.70. The maximum atomic E-state index is 12.6. The van der Waals surface area contributed by atoms with E-state index in [1.165, 1.54) is 26.4 Å². The summed E-state index contributed by atoms with van der Waals surface area (Å²) >= 11 is 0. The standard InChI is InChI=1S/C20H22N2O8/c1-5-6-30-18(24)11-7-10-8-13(27-2)16-14(15(10)21-11)20(26,19(25)29-4)9-12(22-16)17(23)28-3/h5,7-8,12,21-22,26H,1,6,9H2,2-4H3. The van der Waals surface area contributed by atoms with E-state index in [0.29, 0.717) is 10.9 Å². The van der Waals surface area contributed by atoms with Crippen molar-refractivity contribution < 1.29 is 38.4 Å². The van der Waals surface area contributed by atoms with Crippen molar-refractivity contribution in [2.45, 2.75) is 18.1 Å². The van der Waals surface area contributed by atoms with Crippen LogP contribution in [0.25, 0.3) is 10.9 Å². The Morgan fingerprint density at radius 3 is 2.60 bits per heavy atom. The first-order chi connectivity index (χ1) is 14.3. The third-order valence-electron chi connectivity index (χ3n) is 4.89. The Balaban J connectivity index is 2.27. The molecule has 1 aromatic heterocycles. The first-order valence-electron chi connectivity index (χ1n) is 8.98. The number of anilines is 1. The van der Waals surface area contributed by atoms with E-state index in [2.05, 4.69) is 16.9 Å². The quantitative estimate of drug-likeness (QED) is 0.359. The average Bonchev–Trinajstić information content (AvgIpc) is 3.18. The molecule has 10 heteroatoms. The molecule has 0 bridgehead atoms. The van der Waals surface area contributed by atoms with Crippen LogP contribution in [-0.4, -0.2) is 62.0 Å². The summed E-state index contributed by atoms with van der Waals surface area (Å²) in [6.45, 7) is 3.51. The normalized spacial score (nSPS) is 19.9. The maximum Gasteiger partial charge on any atom is 0.355 e. The number of nitrogens with one attached hydrogen (secondary N) is 2. The van der Waals surface area contributed by atoms with E-state index in [0.717, 1.165) is 7.11 Å². The lowest BCUT2D eigenvalue weighted by Crippen LogP contribution is -2.49. The highest BCUT2D eigenvalue weighted by atomic mass is 16.5. The predicted octanol–water partition coefficient (Wildman–Crippen LogP) is 1.24. The number of fused-ring (bicyclic) bond motifs is 3. The number of carbonyl (C=O) groups is 3. The van der Waals surface area contributed by atoms with Gasteiger partial charge in [-0.2, -0.15) is 0 Å². The van der Waals surface area contributed by atoms with Gasteiger partial charge in [-0.1, -0.05) is 12.7 Å². The molecule has 0 saturated heterocycles. The summed E-state index contributed by atoms with van der Waals surface area (Å²) in [6, 6.07) is 2.07. The summed E-state index contributed by atoms with van der Waals surface area (Å²) < 4.78 is 20.0. The fourth-order valence-corrected chi connectivity index (χ4v) is 3.55. The molecule has 0 radical (unpaired) electrons. The van der Waals surface area contributed by atoms with Crippen LogP contribution in [0.2, 0.25) is 0 Å². The maximum absolute atomic E-state index is 12.6. The van der Waals surface area contributed by atoms with Gasteiger partial charge in [0.25, 0.3) is 0 Å². The zero-order valence-corrected chi connectivity index (χ0v) is 16.7. The second-order valence-corrected chi connectivity index (χ2v) is 6.64. The largest absolute Gasteiger partial charge is 0.495 e. The number of hydrogen-bond acceptors (Lipinski definition) is 9. The fraction of sp³-hybridized carbons (Fsp3) is 0.350. The minimum absolute atomic E-state index is 0.0179. The van der Waals surface area contributed by atoms with Gasteiger partial charge in [0.05, 0.1) is 32.5 Å². The number of benzene rings is 1. The third-order valence-corrected chi connectivity index (χ3v) is 4.89. The van der Waals surface area contributed by atoms with Crippen LogP contribution in [0.3, 0.4) is 0 Å². The van der Waals surface area contributed by atoms with E-state index in [4.69, 9.17) is 18.9 Å². The molecule has 1 aliphatic rings. The number of H-pyrrole nitrogens is 1. The van der Waals surface area contributed by atoms with Crippen molar-refractivity contribution in [3.05, 3.63) is 36.0 Å². The smallest absolute Gasteiger partial charge is 0.355 e. The van der Waals surface area contributed by atoms with Gasteiger partial charge in [0.1, 0.15) is 24.1 Å². The minimum Gasteiger partial charge on any atom is -0.495 e. The van der Waals surface area contributed by atoms with E-state index in [1.807, 2.05) is 0 Å². The number of carbonyl (C=O) groups excluding carboxylic acids is 3. The Labute approximate surface area is 171 Å². The summed E-state index contributed by atoms with van der Waals surface area (Å²) in [6.07, 6.45) is 1.08. The first kappa shape index (κ1) is 21.2. The van der Waals surface area contributed by atoms with Gasteiger partial charge in [-0.15, -0.1) is 0 Å². The molecule has 160 valence electrons. The van der Waals surface area contributed by atoms with Crippen molar-refractivity contribution in [3.63, 3.8) is 0 Å². The number of methoxy groups -OCH3 is 3. The summed E-state index contributed by atoms with van der Waals surface area (Å²) in [5.74, 6) is -2.04. The number of aromatic amines is 1. The van der Waals surface area contributed by atoms with E-state index in [-0.39, 0.29) is 35.7 Å². The number of rotatable bonds is 6. The lowest BCUT2D eigenvalue weighted by atomic mass is 9.81. The van der Waals surface area contributed by atoms with Gasteiger partial charge in [-0.25, -0.2) is 14.4 Å². The summed E-state index contributed by atoms with van der Waals surface area (Å²) in [5, 5.41) is 14.8. The van der Waals surface area contributed by atoms with Crippen LogP contribution in [0.4, 0.5) is 5.69 Å². The molecule has 0 aliphatic carbocycles. The second-order valence-electron chi connectivity index (χ2n) is 6.64. The molecule has 1 aromatic carbocycles. The number of aliphatic hydroxyl groups is 1. The van der Waals surface area contributed by atoms with Gasteiger partial charge >= 0.3 is 17.9 Å². The predicted molar refractivity (Wildman–Crippen MR) is 105 cm³/mol. The Morgan fingerprint density at radius 2 is 2.00 bits per heavy atom. The molecule has 0 saturated carbocycles. The molecule has 0 spiro atoms. The van der Waals surface area contributed by atoms with Crippen LogP contribution >= 0.6 is 0 Å². The van der Waals surface area contributed by atoms with E-state index in [9.17, 15) is 19.5 Å². The highest BCUT2D eigenvalue weighted by Gasteiger charge is 2.50. The molecule has 2 atom stereocenters. The molecular formula is C20H22N2O8. The van der Waals surface area contributed by atoms with Crippen LogP contribution in [0.1, 0.15) is 22.5 Å². The molecular weight excluding hydrogens is 396 g/mol. The van der Waals surface area contributed by atoms with Crippen molar-refractivity contribution in [1.82, 2.24) is 4.98 Å². The van der Waals surface area contributed by atoms with Gasteiger partial charge < -0.3 is 34.4 Å². The highest BCUT2D eigenvalue weighted by Crippen LogP contribution is 2.47. The van der Waals surface area contributed by atoms with Crippen molar-refractivity contribution in [1.29, 1.82) is 0 Å². The molecule has 10 nitrogen and oxygen atoms in total. The SMILES string of the molecule is C=CCOC(=O)c1cc2cc(OC)c3c(c2[nH]1)C(O)(C(=O)OC)CC(C(=O)OC)N3. The summed E-state index contributed by atoms with van der Waals surface area (Å²) in [4.78, 5) is 39.9. The van der Waals surface area contributed by atoms with Crippen molar-refractivity contribution in [2.24, 2.45) is 0 Å². The molecule has 2 aromatic rings. The van der Waals surface area contributed by atoms with Gasteiger partial charge in [-0.05, 0) is 12.1 Å². The molecule has 0 amide bonds. The van der Waals surface area contributed by atoms with Gasteiger partial charge in [0, 0.05) is 17.4 Å². The molecule has 0 fully saturated rings. The molecule has 2 heterocycles. The second kappa shape index (κ2) is 8.07. The lowest BCUT2D eigenvalue weighted by Gasteiger charge is -2.37. The lowest BCUT2D eigenvalue weighted by molar-refractivity contribution is -0.166. The molecule has 30 heavy (non-hydrogen) atoms. The van der Waals surface area contributed by atoms with Crippen LogP contribution in [0.15, 0.2) is 24.8 Å². The number of aromatic nitrogens is 1. The topological polar surface area (TPSA) is 136 Å².